The molecule has 1 rings (SSSR count). The highest BCUT2D eigenvalue weighted by Crippen LogP contribution is 2.34. The van der Waals surface area contributed by atoms with Crippen molar-refractivity contribution in [2.45, 2.75) is 39.2 Å². The second kappa shape index (κ2) is 5.15. The molecule has 0 saturated heterocycles. The third-order valence-electron chi connectivity index (χ3n) is 2.71. The summed E-state index contributed by atoms with van der Waals surface area (Å²) in [5.41, 5.74) is 0.421. The number of carbonyl (C=O) groups is 1. The molecule has 2 N–H and O–H groups in total. The highest BCUT2D eigenvalue weighted by Gasteiger charge is 2.34. The van der Waals surface area contributed by atoms with Crippen LogP contribution in [0.5, 0.6) is 0 Å². The molecule has 3 nitrogen and oxygen atoms in total. The van der Waals surface area contributed by atoms with Crippen molar-refractivity contribution in [3.05, 3.63) is 11.6 Å². The van der Waals surface area contributed by atoms with E-state index in [4.69, 9.17) is 5.11 Å². The van der Waals surface area contributed by atoms with Gasteiger partial charge in [-0.05, 0) is 25.7 Å². The molecule has 0 aromatic rings. The minimum atomic E-state index is -0.826. The first-order chi connectivity index (χ1) is 6.65. The van der Waals surface area contributed by atoms with E-state index in [0.29, 0.717) is 18.2 Å². The van der Waals surface area contributed by atoms with Crippen LogP contribution in [0.3, 0.4) is 0 Å². The molecule has 1 aliphatic carbocycles. The molecule has 0 heterocycles. The van der Waals surface area contributed by atoms with E-state index in [0.717, 1.165) is 5.92 Å². The summed E-state index contributed by atoms with van der Waals surface area (Å²) < 4.78 is 0. The average Bonchev–Trinajstić information content (AvgIpc) is 2.84. The van der Waals surface area contributed by atoms with Crippen LogP contribution in [0, 0.1) is 5.92 Å². The van der Waals surface area contributed by atoms with Crippen molar-refractivity contribution in [1.29, 1.82) is 0 Å². The number of hydrogen-bond acceptors (Lipinski definition) is 2. The van der Waals surface area contributed by atoms with Crippen molar-refractivity contribution >= 4 is 5.97 Å². The lowest BCUT2D eigenvalue weighted by atomic mass is 10.2. The second-order valence-corrected chi connectivity index (χ2v) is 3.99. The van der Waals surface area contributed by atoms with E-state index in [-0.39, 0.29) is 0 Å². The van der Waals surface area contributed by atoms with Gasteiger partial charge in [0.2, 0.25) is 0 Å². The fraction of sp³-hybridized carbons (Fsp3) is 0.727. The molecular formula is C11H19NO2. The summed E-state index contributed by atoms with van der Waals surface area (Å²) in [4.78, 5) is 10.5. The van der Waals surface area contributed by atoms with E-state index in [9.17, 15) is 4.79 Å². The fourth-order valence-electron chi connectivity index (χ4n) is 1.64. The van der Waals surface area contributed by atoms with Crippen molar-refractivity contribution in [3.63, 3.8) is 0 Å². The van der Waals surface area contributed by atoms with Crippen molar-refractivity contribution in [2.24, 2.45) is 5.92 Å². The molecule has 1 aliphatic rings. The molecule has 80 valence electrons. The van der Waals surface area contributed by atoms with Crippen LogP contribution in [0.2, 0.25) is 0 Å². The maximum Gasteiger partial charge on any atom is 0.330 e. The molecule has 2 unspecified atom stereocenters. The zero-order chi connectivity index (χ0) is 10.6. The molecule has 1 fully saturated rings. The fourth-order valence-corrected chi connectivity index (χ4v) is 1.64. The number of carboxylic acid groups (broad SMARTS) is 1. The van der Waals surface area contributed by atoms with E-state index < -0.39 is 5.97 Å². The molecule has 1 saturated carbocycles. The molecule has 0 spiro atoms. The molecular weight excluding hydrogens is 178 g/mol. The van der Waals surface area contributed by atoms with Crippen molar-refractivity contribution < 1.29 is 9.90 Å². The second-order valence-electron chi connectivity index (χ2n) is 3.99. The molecule has 0 aliphatic heterocycles. The maximum atomic E-state index is 10.5. The molecule has 14 heavy (non-hydrogen) atoms. The van der Waals surface area contributed by atoms with Crippen LogP contribution in [0.25, 0.3) is 0 Å². The van der Waals surface area contributed by atoms with Crippen LogP contribution in [-0.4, -0.2) is 23.7 Å². The highest BCUT2D eigenvalue weighted by atomic mass is 16.4. The van der Waals surface area contributed by atoms with Crippen molar-refractivity contribution in [1.82, 2.24) is 5.32 Å². The molecule has 0 aromatic heterocycles. The zero-order valence-corrected chi connectivity index (χ0v) is 8.92. The van der Waals surface area contributed by atoms with E-state index >= 15 is 0 Å². The van der Waals surface area contributed by atoms with Crippen LogP contribution in [0.4, 0.5) is 0 Å². The van der Waals surface area contributed by atoms with E-state index in [1.54, 1.807) is 13.0 Å². The Labute approximate surface area is 85.2 Å². The van der Waals surface area contributed by atoms with Crippen LogP contribution >= 0.6 is 0 Å². The van der Waals surface area contributed by atoms with Gasteiger partial charge >= 0.3 is 5.97 Å². The Bertz CT molecular complexity index is 235. The maximum absolute atomic E-state index is 10.5. The van der Waals surface area contributed by atoms with Crippen molar-refractivity contribution in [3.8, 4) is 0 Å². The normalized spacial score (nSPS) is 26.3. The lowest BCUT2D eigenvalue weighted by Gasteiger charge is -2.00. The van der Waals surface area contributed by atoms with Gasteiger partial charge in [0.1, 0.15) is 0 Å². The predicted octanol–water partition coefficient (Wildman–Crippen LogP) is 1.80. The standard InChI is InChI=1S/C11H19NO2/c1-3-4-9-7-10(9)12-6-5-8(2)11(13)14/h5,9-10,12H,3-4,6-7H2,1-2H3,(H,13,14)/b8-5-. The van der Waals surface area contributed by atoms with Gasteiger partial charge in [0.25, 0.3) is 0 Å². The molecule has 0 amide bonds. The van der Waals surface area contributed by atoms with Gasteiger partial charge in [-0.15, -0.1) is 0 Å². The first-order valence-electron chi connectivity index (χ1n) is 5.28. The number of aliphatic carboxylic acids is 1. The van der Waals surface area contributed by atoms with E-state index in [2.05, 4.69) is 12.2 Å². The molecule has 3 heteroatoms. The molecule has 2 atom stereocenters. The van der Waals surface area contributed by atoms with Gasteiger partial charge in [0.05, 0.1) is 0 Å². The van der Waals surface area contributed by atoms with Gasteiger partial charge in [-0.3, -0.25) is 0 Å². The highest BCUT2D eigenvalue weighted by molar-refractivity contribution is 5.85. The van der Waals surface area contributed by atoms with Crippen LogP contribution in [0.1, 0.15) is 33.1 Å². The monoisotopic (exact) mass is 197 g/mol. The summed E-state index contributed by atoms with van der Waals surface area (Å²) in [6, 6.07) is 0.632. The quantitative estimate of drug-likeness (QED) is 0.638. The zero-order valence-electron chi connectivity index (χ0n) is 8.92. The van der Waals surface area contributed by atoms with E-state index in [1.807, 2.05) is 0 Å². The Morgan fingerprint density at radius 2 is 2.36 bits per heavy atom. The van der Waals surface area contributed by atoms with Crippen LogP contribution in [-0.2, 0) is 4.79 Å². The van der Waals surface area contributed by atoms with E-state index in [1.165, 1.54) is 19.3 Å². The Morgan fingerprint density at radius 3 is 2.93 bits per heavy atom. The molecule has 0 aromatic carbocycles. The first-order valence-corrected chi connectivity index (χ1v) is 5.28. The number of nitrogens with one attached hydrogen (secondary N) is 1. The summed E-state index contributed by atoms with van der Waals surface area (Å²) >= 11 is 0. The summed E-state index contributed by atoms with van der Waals surface area (Å²) in [6.07, 6.45) is 5.53. The Kier molecular flexibility index (Phi) is 4.14. The largest absolute Gasteiger partial charge is 0.478 e. The third-order valence-corrected chi connectivity index (χ3v) is 2.71. The molecule has 0 bridgehead atoms. The minimum absolute atomic E-state index is 0.421. The average molecular weight is 197 g/mol. The Morgan fingerprint density at radius 1 is 1.64 bits per heavy atom. The summed E-state index contributed by atoms with van der Waals surface area (Å²) in [6.45, 7) is 4.51. The SMILES string of the molecule is CCCC1CC1NC/C=C(/C)C(=O)O. The van der Waals surface area contributed by atoms with Gasteiger partial charge in [-0.1, -0.05) is 19.4 Å². The number of hydrogen-bond donors (Lipinski definition) is 2. The lowest BCUT2D eigenvalue weighted by molar-refractivity contribution is -0.132. The van der Waals surface area contributed by atoms with Crippen LogP contribution in [0.15, 0.2) is 11.6 Å². The summed E-state index contributed by atoms with van der Waals surface area (Å²) in [5.74, 6) is 0.00578. The smallest absolute Gasteiger partial charge is 0.330 e. The van der Waals surface area contributed by atoms with Gasteiger partial charge in [0.15, 0.2) is 0 Å². The van der Waals surface area contributed by atoms with Gasteiger partial charge < -0.3 is 10.4 Å². The van der Waals surface area contributed by atoms with Crippen LogP contribution < -0.4 is 5.32 Å². The topological polar surface area (TPSA) is 49.3 Å². The predicted molar refractivity (Wildman–Crippen MR) is 56.2 cm³/mol. The van der Waals surface area contributed by atoms with Gasteiger partial charge in [-0.25, -0.2) is 4.79 Å². The summed E-state index contributed by atoms with van der Waals surface area (Å²) in [5, 5.41) is 11.9. The lowest BCUT2D eigenvalue weighted by Crippen LogP contribution is -2.18. The first kappa shape index (κ1) is 11.2. The number of carboxylic acids is 1. The van der Waals surface area contributed by atoms with Gasteiger partial charge in [0, 0.05) is 18.2 Å². The Balaban J connectivity index is 2.11. The van der Waals surface area contributed by atoms with Gasteiger partial charge in [-0.2, -0.15) is 0 Å². The third kappa shape index (κ3) is 3.50. The molecule has 0 radical (unpaired) electrons. The Hall–Kier alpha value is -0.830. The number of rotatable bonds is 6. The minimum Gasteiger partial charge on any atom is -0.478 e. The van der Waals surface area contributed by atoms with Crippen molar-refractivity contribution in [2.75, 3.05) is 6.54 Å². The summed E-state index contributed by atoms with van der Waals surface area (Å²) in [7, 11) is 0.